The largest absolute Gasteiger partial charge is 0.421 e. The Balaban J connectivity index is 1.56. The minimum Gasteiger partial charge on any atom is -0.336 e. The lowest BCUT2D eigenvalue weighted by molar-refractivity contribution is -0.140. The number of nitrogens with zero attached hydrogens (tertiary/aromatic N) is 3. The van der Waals surface area contributed by atoms with Crippen LogP contribution in [0.3, 0.4) is 0 Å². The molecule has 4 rings (SSSR count). The average molecular weight is 452 g/mol. The lowest BCUT2D eigenvalue weighted by Crippen LogP contribution is -2.59. The van der Waals surface area contributed by atoms with Crippen molar-refractivity contribution in [3.63, 3.8) is 0 Å². The summed E-state index contributed by atoms with van der Waals surface area (Å²) < 4.78 is 53.4. The van der Waals surface area contributed by atoms with Crippen molar-refractivity contribution in [2.24, 2.45) is 0 Å². The van der Waals surface area contributed by atoms with E-state index in [0.717, 1.165) is 25.3 Å². The first kappa shape index (κ1) is 22.0. The third-order valence-electron chi connectivity index (χ3n) is 5.80. The van der Waals surface area contributed by atoms with Gasteiger partial charge in [0, 0.05) is 25.6 Å². The zero-order chi connectivity index (χ0) is 23.0. The van der Waals surface area contributed by atoms with Crippen molar-refractivity contribution in [2.45, 2.75) is 37.9 Å². The van der Waals surface area contributed by atoms with E-state index in [9.17, 15) is 31.9 Å². The van der Waals surface area contributed by atoms with Crippen LogP contribution in [0.1, 0.15) is 46.4 Å². The van der Waals surface area contributed by atoms with Crippen LogP contribution in [-0.2, 0) is 17.4 Å². The number of piperazine rings is 1. The first-order valence-electron chi connectivity index (χ1n) is 10.2. The molecule has 0 bridgehead atoms. The van der Waals surface area contributed by atoms with Crippen LogP contribution in [0.5, 0.6) is 0 Å². The Bertz CT molecular complexity index is 1110. The first-order valence-corrected chi connectivity index (χ1v) is 10.2. The number of halogens is 4. The molecule has 1 unspecified atom stereocenters. The van der Waals surface area contributed by atoms with E-state index < -0.39 is 29.0 Å². The molecule has 0 radical (unpaired) electrons. The predicted octanol–water partition coefficient (Wildman–Crippen LogP) is 2.36. The number of piperidine rings is 1. The van der Waals surface area contributed by atoms with Crippen LogP contribution in [0.2, 0.25) is 0 Å². The molecule has 3 heterocycles. The second kappa shape index (κ2) is 8.36. The number of fused-ring (bicyclic) bond motifs is 1. The SMILES string of the molecule is O=C(c1cc(Cc2cc(C(F)(F)F)c(=O)[nH]n2)ccc1F)N1CC(=O)N2CCCCC2C1. The van der Waals surface area contributed by atoms with Crippen LogP contribution in [-0.4, -0.2) is 57.5 Å². The van der Waals surface area contributed by atoms with Gasteiger partial charge in [-0.05, 0) is 43.0 Å². The number of amides is 2. The fraction of sp³-hybridized carbons (Fsp3) is 0.429. The van der Waals surface area contributed by atoms with Gasteiger partial charge in [-0.3, -0.25) is 14.4 Å². The molecular weight excluding hydrogens is 432 g/mol. The zero-order valence-corrected chi connectivity index (χ0v) is 16.9. The maximum atomic E-state index is 14.5. The van der Waals surface area contributed by atoms with E-state index in [2.05, 4.69) is 5.10 Å². The van der Waals surface area contributed by atoms with Gasteiger partial charge in [0.2, 0.25) is 5.91 Å². The van der Waals surface area contributed by atoms with Gasteiger partial charge >= 0.3 is 6.18 Å². The molecule has 2 saturated heterocycles. The van der Waals surface area contributed by atoms with E-state index in [1.807, 2.05) is 5.10 Å². The highest BCUT2D eigenvalue weighted by molar-refractivity contribution is 5.97. The van der Waals surface area contributed by atoms with Crippen molar-refractivity contribution in [3.8, 4) is 0 Å². The Morgan fingerprint density at radius 1 is 1.19 bits per heavy atom. The fourth-order valence-corrected chi connectivity index (χ4v) is 4.22. The molecule has 0 aliphatic carbocycles. The van der Waals surface area contributed by atoms with Crippen molar-refractivity contribution < 1.29 is 27.2 Å². The molecule has 2 fully saturated rings. The summed E-state index contributed by atoms with van der Waals surface area (Å²) in [4.78, 5) is 39.9. The summed E-state index contributed by atoms with van der Waals surface area (Å²) in [5.74, 6) is -1.61. The number of aromatic amines is 1. The van der Waals surface area contributed by atoms with E-state index in [0.29, 0.717) is 24.7 Å². The Kier molecular flexibility index (Phi) is 5.74. The van der Waals surface area contributed by atoms with Gasteiger partial charge in [-0.1, -0.05) is 6.07 Å². The van der Waals surface area contributed by atoms with Crippen LogP contribution in [0.25, 0.3) is 0 Å². The van der Waals surface area contributed by atoms with Gasteiger partial charge in [-0.25, -0.2) is 9.49 Å². The zero-order valence-electron chi connectivity index (χ0n) is 16.9. The summed E-state index contributed by atoms with van der Waals surface area (Å²) in [5, 5.41) is 5.42. The number of aromatic nitrogens is 2. The topological polar surface area (TPSA) is 86.4 Å². The van der Waals surface area contributed by atoms with Gasteiger partial charge in [0.25, 0.3) is 11.5 Å². The Morgan fingerprint density at radius 3 is 2.72 bits per heavy atom. The molecule has 170 valence electrons. The van der Waals surface area contributed by atoms with Crippen LogP contribution in [0.15, 0.2) is 29.1 Å². The number of carbonyl (C=O) groups is 2. The maximum Gasteiger partial charge on any atom is 0.421 e. The summed E-state index contributed by atoms with van der Waals surface area (Å²) >= 11 is 0. The van der Waals surface area contributed by atoms with Gasteiger partial charge < -0.3 is 9.80 Å². The summed E-state index contributed by atoms with van der Waals surface area (Å²) in [6.45, 7) is 0.821. The van der Waals surface area contributed by atoms with Crippen molar-refractivity contribution >= 4 is 11.8 Å². The van der Waals surface area contributed by atoms with Crippen molar-refractivity contribution in [1.29, 1.82) is 0 Å². The maximum absolute atomic E-state index is 14.5. The minimum absolute atomic E-state index is 0.0899. The van der Waals surface area contributed by atoms with E-state index in [1.54, 1.807) is 4.90 Å². The average Bonchev–Trinajstić information content (AvgIpc) is 2.75. The number of hydrogen-bond acceptors (Lipinski definition) is 4. The van der Waals surface area contributed by atoms with E-state index in [4.69, 9.17) is 0 Å². The standard InChI is InChI=1S/C21H20F4N4O3/c22-17-5-4-12(7-13-9-16(21(23,24)25)19(31)27-26-13)8-15(17)20(32)28-10-14-3-1-2-6-29(14)18(30)11-28/h4-5,8-9,14H,1-3,6-7,10-11H2,(H,27,31). The van der Waals surface area contributed by atoms with Crippen LogP contribution >= 0.6 is 0 Å². The predicted molar refractivity (Wildman–Crippen MR) is 104 cm³/mol. The minimum atomic E-state index is -4.84. The van der Waals surface area contributed by atoms with E-state index >= 15 is 0 Å². The van der Waals surface area contributed by atoms with Crippen LogP contribution < -0.4 is 5.56 Å². The quantitative estimate of drug-likeness (QED) is 0.725. The number of rotatable bonds is 3. The van der Waals surface area contributed by atoms with Gasteiger partial charge in [0.15, 0.2) is 0 Å². The highest BCUT2D eigenvalue weighted by atomic mass is 19.4. The molecule has 1 atom stereocenters. The number of nitrogens with one attached hydrogen (secondary N) is 1. The second-order valence-electron chi connectivity index (χ2n) is 8.01. The molecule has 11 heteroatoms. The molecule has 2 aliphatic rings. The Hall–Kier alpha value is -3.24. The number of alkyl halides is 3. The molecule has 7 nitrogen and oxygen atoms in total. The molecule has 0 saturated carbocycles. The highest BCUT2D eigenvalue weighted by Crippen LogP contribution is 2.27. The molecule has 1 aromatic carbocycles. The monoisotopic (exact) mass is 452 g/mol. The van der Waals surface area contributed by atoms with Gasteiger partial charge in [0.05, 0.1) is 11.3 Å². The van der Waals surface area contributed by atoms with Crippen LogP contribution in [0.4, 0.5) is 17.6 Å². The Morgan fingerprint density at radius 2 is 1.97 bits per heavy atom. The fourth-order valence-electron chi connectivity index (χ4n) is 4.22. The van der Waals surface area contributed by atoms with Gasteiger partial charge in [0.1, 0.15) is 17.9 Å². The first-order chi connectivity index (χ1) is 15.1. The number of hydrogen-bond donors (Lipinski definition) is 1. The summed E-state index contributed by atoms with van der Waals surface area (Å²) in [7, 11) is 0. The molecule has 32 heavy (non-hydrogen) atoms. The van der Waals surface area contributed by atoms with Crippen molar-refractivity contribution in [1.82, 2.24) is 20.0 Å². The smallest absolute Gasteiger partial charge is 0.336 e. The summed E-state index contributed by atoms with van der Waals surface area (Å²) in [5.41, 5.74) is -2.76. The van der Waals surface area contributed by atoms with E-state index in [1.165, 1.54) is 17.0 Å². The number of benzene rings is 1. The number of H-pyrrole nitrogens is 1. The Labute approximate surface area is 180 Å². The third-order valence-corrected chi connectivity index (χ3v) is 5.80. The van der Waals surface area contributed by atoms with Gasteiger partial charge in [-0.2, -0.15) is 18.3 Å². The molecular formula is C21H20F4N4O3. The molecule has 1 aromatic heterocycles. The molecule has 2 aromatic rings. The van der Waals surface area contributed by atoms with Crippen LogP contribution in [0, 0.1) is 5.82 Å². The summed E-state index contributed by atoms with van der Waals surface area (Å²) in [6, 6.07) is 4.17. The number of carbonyl (C=O) groups excluding carboxylic acids is 2. The molecule has 1 N–H and O–H groups in total. The van der Waals surface area contributed by atoms with E-state index in [-0.39, 0.29) is 36.2 Å². The van der Waals surface area contributed by atoms with Crippen molar-refractivity contribution in [3.05, 3.63) is 62.8 Å². The molecule has 2 amide bonds. The lowest BCUT2D eigenvalue weighted by atomic mass is 9.98. The second-order valence-corrected chi connectivity index (χ2v) is 8.01. The highest BCUT2D eigenvalue weighted by Gasteiger charge is 2.37. The van der Waals surface area contributed by atoms with Crippen molar-refractivity contribution in [2.75, 3.05) is 19.6 Å². The lowest BCUT2D eigenvalue weighted by Gasteiger charge is -2.43. The third kappa shape index (κ3) is 4.37. The normalized spacial score (nSPS) is 19.1. The molecule has 2 aliphatic heterocycles. The van der Waals surface area contributed by atoms with Gasteiger partial charge in [-0.15, -0.1) is 0 Å². The molecule has 0 spiro atoms. The summed E-state index contributed by atoms with van der Waals surface area (Å²) in [6.07, 6.45) is -2.36.